The van der Waals surface area contributed by atoms with Gasteiger partial charge in [0.25, 0.3) is 0 Å². The maximum Gasteiger partial charge on any atom is 3.00 e. The van der Waals surface area contributed by atoms with Gasteiger partial charge in [0.05, 0.1) is 55.9 Å². The molecule has 0 aromatic carbocycles. The average molecular weight is 721 g/mol. The molecule has 0 aliphatic carbocycles. The predicted molar refractivity (Wildman–Crippen MR) is 172 cm³/mol. The van der Waals surface area contributed by atoms with E-state index in [9.17, 15) is 44.1 Å². The Bertz CT molecular complexity index is 800. The van der Waals surface area contributed by atoms with Crippen LogP contribution in [-0.2, 0) is 57.2 Å². The van der Waals surface area contributed by atoms with E-state index in [1.165, 1.54) is 0 Å². The van der Waals surface area contributed by atoms with Crippen LogP contribution >= 0.6 is 0 Å². The van der Waals surface area contributed by atoms with Gasteiger partial charge in [0.15, 0.2) is 18.9 Å². The standard InChI is InChI=1S/3C11H20O5.Al/c3*1-7(2)15-11(16-8(3)4)6-9(12)5-10(13)14;/h3*7-8,11H,5-6H2,1-4H3,(H,13,14);/q;;;+3/p-3. The Balaban J connectivity index is -0.000000307. The van der Waals surface area contributed by atoms with Crippen LogP contribution in [0.3, 0.4) is 0 Å². The number of Topliss-reactive ketones (excluding diaryl/α,β-unsaturated/α-hetero) is 3. The molecular formula is C33H57AlO15. The van der Waals surface area contributed by atoms with Crippen molar-refractivity contribution in [1.29, 1.82) is 0 Å². The van der Waals surface area contributed by atoms with Crippen LogP contribution in [0.4, 0.5) is 0 Å². The first kappa shape index (κ1) is 53.5. The quantitative estimate of drug-likeness (QED) is 0.0747. The van der Waals surface area contributed by atoms with Gasteiger partial charge in [0.2, 0.25) is 0 Å². The first-order valence-corrected chi connectivity index (χ1v) is 16.0. The van der Waals surface area contributed by atoms with Crippen molar-refractivity contribution in [3.63, 3.8) is 0 Å². The number of hydrogen-bond donors (Lipinski definition) is 0. The molecule has 282 valence electrons. The molecule has 0 saturated heterocycles. The number of carboxylic acids is 3. The Hall–Kier alpha value is -2.29. The van der Waals surface area contributed by atoms with Crippen LogP contribution in [0, 0.1) is 0 Å². The molecule has 15 nitrogen and oxygen atoms in total. The number of hydrogen-bond acceptors (Lipinski definition) is 15. The van der Waals surface area contributed by atoms with Crippen LogP contribution in [0.2, 0.25) is 0 Å². The molecule has 0 aliphatic rings. The van der Waals surface area contributed by atoms with Gasteiger partial charge in [-0.25, -0.2) is 0 Å². The molecule has 0 amide bonds. The van der Waals surface area contributed by atoms with E-state index < -0.39 is 73.4 Å². The van der Waals surface area contributed by atoms with Crippen LogP contribution in [0.5, 0.6) is 0 Å². The van der Waals surface area contributed by atoms with Crippen LogP contribution in [0.15, 0.2) is 0 Å². The minimum Gasteiger partial charge on any atom is -0.550 e. The van der Waals surface area contributed by atoms with Crippen molar-refractivity contribution in [3.8, 4) is 0 Å². The Morgan fingerprint density at radius 1 is 0.367 bits per heavy atom. The van der Waals surface area contributed by atoms with Crippen LogP contribution in [-0.4, -0.2) is 108 Å². The average Bonchev–Trinajstić information content (AvgIpc) is 2.80. The molecule has 0 unspecified atom stereocenters. The molecule has 0 fully saturated rings. The zero-order chi connectivity index (χ0) is 38.1. The van der Waals surface area contributed by atoms with Gasteiger partial charge in [-0.2, -0.15) is 0 Å². The number of rotatable bonds is 24. The zero-order valence-corrected chi connectivity index (χ0v) is 32.3. The number of carbonyl (C=O) groups is 6. The molecule has 0 saturated carbocycles. The van der Waals surface area contributed by atoms with Crippen molar-refractivity contribution in [2.45, 2.75) is 177 Å². The third-order valence-electron chi connectivity index (χ3n) is 4.75. The summed E-state index contributed by atoms with van der Waals surface area (Å²) in [7, 11) is 0. The molecule has 0 aromatic heterocycles. The summed E-state index contributed by atoms with van der Waals surface area (Å²) in [5, 5.41) is 30.7. The number of ether oxygens (including phenoxy) is 6. The Labute approximate surface area is 301 Å². The maximum absolute atomic E-state index is 11.2. The summed E-state index contributed by atoms with van der Waals surface area (Å²) >= 11 is 0. The van der Waals surface area contributed by atoms with E-state index in [1.807, 2.05) is 83.1 Å². The second-order valence-electron chi connectivity index (χ2n) is 12.3. The second-order valence-corrected chi connectivity index (χ2v) is 12.3. The van der Waals surface area contributed by atoms with Gasteiger partial charge in [-0.05, 0) is 83.1 Å². The zero-order valence-electron chi connectivity index (χ0n) is 31.1. The van der Waals surface area contributed by atoms with Crippen LogP contribution in [0.1, 0.15) is 122 Å². The second kappa shape index (κ2) is 30.5. The number of carbonyl (C=O) groups excluding carboxylic acids is 6. The van der Waals surface area contributed by atoms with Gasteiger partial charge < -0.3 is 58.1 Å². The SMILES string of the molecule is CC(C)OC(CC(=O)CC(=O)[O-])OC(C)C.CC(C)OC(CC(=O)CC(=O)[O-])OC(C)C.CC(C)OC(CC(=O)CC(=O)[O-])OC(C)C.[Al+3]. The molecule has 49 heavy (non-hydrogen) atoms. The van der Waals surface area contributed by atoms with Crippen molar-refractivity contribution >= 4 is 52.6 Å². The Kier molecular flexibility index (Phi) is 33.3. The van der Waals surface area contributed by atoms with Crippen molar-refractivity contribution in [1.82, 2.24) is 0 Å². The third kappa shape index (κ3) is 41.8. The number of ketones is 3. The third-order valence-corrected chi connectivity index (χ3v) is 4.75. The first-order chi connectivity index (χ1) is 21.9. The van der Waals surface area contributed by atoms with E-state index in [2.05, 4.69) is 0 Å². The molecule has 0 rings (SSSR count). The molecule has 0 spiro atoms. The molecule has 0 bridgehead atoms. The van der Waals surface area contributed by atoms with Crippen molar-refractivity contribution < 1.29 is 72.5 Å². The maximum atomic E-state index is 11.2. The summed E-state index contributed by atoms with van der Waals surface area (Å²) in [4.78, 5) is 64.4. The molecule has 0 heterocycles. The van der Waals surface area contributed by atoms with Crippen LogP contribution in [0.25, 0.3) is 0 Å². The topological polar surface area (TPSA) is 227 Å². The molecule has 0 atom stereocenters. The van der Waals surface area contributed by atoms with E-state index in [1.54, 1.807) is 0 Å². The van der Waals surface area contributed by atoms with Gasteiger partial charge in [0.1, 0.15) is 17.3 Å². The minimum atomic E-state index is -1.38. The first-order valence-electron chi connectivity index (χ1n) is 16.0. The van der Waals surface area contributed by atoms with Gasteiger partial charge in [0, 0.05) is 37.2 Å². The fraction of sp³-hybridized carbons (Fsp3) is 0.818. The Morgan fingerprint density at radius 3 is 0.612 bits per heavy atom. The summed E-state index contributed by atoms with van der Waals surface area (Å²) in [6.45, 7) is 21.8. The van der Waals surface area contributed by atoms with Crippen molar-refractivity contribution in [2.24, 2.45) is 0 Å². The summed E-state index contributed by atoms with van der Waals surface area (Å²) < 4.78 is 32.1. The summed E-state index contributed by atoms with van der Waals surface area (Å²) in [6.07, 6.45) is -4.56. The predicted octanol–water partition coefficient (Wildman–Crippen LogP) is 0.404. The van der Waals surface area contributed by atoms with E-state index >= 15 is 0 Å². The van der Waals surface area contributed by atoms with E-state index in [4.69, 9.17) is 28.4 Å². The molecule has 0 N–H and O–H groups in total. The molecule has 0 radical (unpaired) electrons. The summed E-state index contributed by atoms with van der Waals surface area (Å²) in [5.41, 5.74) is 0. The fourth-order valence-electron chi connectivity index (χ4n) is 3.46. The summed E-state index contributed by atoms with van der Waals surface area (Å²) in [5.74, 6) is -5.49. The van der Waals surface area contributed by atoms with Crippen LogP contribution < -0.4 is 15.3 Å². The smallest absolute Gasteiger partial charge is 0.550 e. The molecule has 0 aliphatic heterocycles. The van der Waals surface area contributed by atoms with E-state index in [0.29, 0.717) is 0 Å². The van der Waals surface area contributed by atoms with Crippen molar-refractivity contribution in [2.75, 3.05) is 0 Å². The van der Waals surface area contributed by atoms with Gasteiger partial charge in [-0.1, -0.05) is 0 Å². The van der Waals surface area contributed by atoms with Crippen molar-refractivity contribution in [3.05, 3.63) is 0 Å². The van der Waals surface area contributed by atoms with E-state index in [-0.39, 0.29) is 73.2 Å². The molecular weight excluding hydrogens is 663 g/mol. The fourth-order valence-corrected chi connectivity index (χ4v) is 3.46. The van der Waals surface area contributed by atoms with Gasteiger partial charge >= 0.3 is 17.4 Å². The van der Waals surface area contributed by atoms with E-state index in [0.717, 1.165) is 0 Å². The minimum absolute atomic E-state index is 0. The molecule has 16 heteroatoms. The largest absolute Gasteiger partial charge is 3.00 e. The summed E-state index contributed by atoms with van der Waals surface area (Å²) in [6, 6.07) is 0. The monoisotopic (exact) mass is 720 g/mol. The number of carboxylic acid groups (broad SMARTS) is 3. The van der Waals surface area contributed by atoms with Gasteiger partial charge in [-0.3, -0.25) is 14.4 Å². The molecule has 0 aromatic rings. The number of aliphatic carboxylic acids is 3. The van der Waals surface area contributed by atoms with Gasteiger partial charge in [-0.15, -0.1) is 0 Å². The Morgan fingerprint density at radius 2 is 0.510 bits per heavy atom. The normalized spacial score (nSPS) is 11.2.